The van der Waals surface area contributed by atoms with E-state index < -0.39 is 5.41 Å². The Morgan fingerprint density at radius 2 is 0.803 bits per heavy atom. The first-order valence-corrected chi connectivity index (χ1v) is 21.1. The highest BCUT2D eigenvalue weighted by Gasteiger charge is 2.52. The lowest BCUT2D eigenvalue weighted by atomic mass is 9.70. The SMILES string of the molecule is c1ccc2c(c1)-c1ccccc1C21c2ccccc2-c2c(N(c3ccc(-c4cccc5ccccc45)cc3)c3ccc(-c4cccc5c4oc4ccccc45)cc3)cccc21. The number of anilines is 3. The summed E-state index contributed by atoms with van der Waals surface area (Å²) in [5.74, 6) is 0. The van der Waals surface area contributed by atoms with E-state index in [2.05, 4.69) is 223 Å². The predicted molar refractivity (Wildman–Crippen MR) is 253 cm³/mol. The van der Waals surface area contributed by atoms with Crippen molar-refractivity contribution in [1.82, 2.24) is 0 Å². The van der Waals surface area contributed by atoms with Gasteiger partial charge in [0.25, 0.3) is 0 Å². The quantitative estimate of drug-likeness (QED) is 0.173. The summed E-state index contributed by atoms with van der Waals surface area (Å²) in [4.78, 5) is 2.46. The van der Waals surface area contributed by atoms with E-state index in [0.29, 0.717) is 0 Å². The second-order valence-electron chi connectivity index (χ2n) is 16.3. The molecule has 0 saturated heterocycles. The van der Waals surface area contributed by atoms with Crippen molar-refractivity contribution in [2.24, 2.45) is 0 Å². The normalized spacial score (nSPS) is 13.0. The molecule has 2 nitrogen and oxygen atoms in total. The molecule has 11 aromatic rings. The van der Waals surface area contributed by atoms with Gasteiger partial charge in [-0.25, -0.2) is 0 Å². The van der Waals surface area contributed by atoms with Crippen molar-refractivity contribution < 1.29 is 4.42 Å². The first-order chi connectivity index (χ1) is 30.3. The number of fused-ring (bicyclic) bond motifs is 14. The number of para-hydroxylation sites is 2. The Kier molecular flexibility index (Phi) is 7.26. The minimum atomic E-state index is -0.436. The summed E-state index contributed by atoms with van der Waals surface area (Å²) in [5.41, 5.74) is 19.8. The Labute approximate surface area is 354 Å². The van der Waals surface area contributed by atoms with Gasteiger partial charge in [0, 0.05) is 33.3 Å². The van der Waals surface area contributed by atoms with Crippen molar-refractivity contribution in [1.29, 1.82) is 0 Å². The van der Waals surface area contributed by atoms with E-state index >= 15 is 0 Å². The summed E-state index contributed by atoms with van der Waals surface area (Å²) < 4.78 is 6.50. The van der Waals surface area contributed by atoms with Crippen LogP contribution in [0.3, 0.4) is 0 Å². The maximum atomic E-state index is 6.50. The predicted octanol–water partition coefficient (Wildman–Crippen LogP) is 15.9. The highest BCUT2D eigenvalue weighted by Crippen LogP contribution is 2.64. The van der Waals surface area contributed by atoms with Gasteiger partial charge in [-0.05, 0) is 103 Å². The van der Waals surface area contributed by atoms with Gasteiger partial charge in [0.05, 0.1) is 11.1 Å². The molecule has 0 amide bonds. The number of nitrogens with zero attached hydrogens (tertiary/aromatic N) is 1. The van der Waals surface area contributed by atoms with Crippen molar-refractivity contribution >= 4 is 49.8 Å². The van der Waals surface area contributed by atoms with Crippen molar-refractivity contribution in [3.63, 3.8) is 0 Å². The molecule has 1 spiro atoms. The number of hydrogen-bond donors (Lipinski definition) is 0. The average molecular weight is 776 g/mol. The number of furan rings is 1. The van der Waals surface area contributed by atoms with Crippen molar-refractivity contribution in [2.75, 3.05) is 4.90 Å². The molecule has 0 atom stereocenters. The van der Waals surface area contributed by atoms with Gasteiger partial charge in [0.2, 0.25) is 0 Å². The van der Waals surface area contributed by atoms with Gasteiger partial charge in [-0.2, -0.15) is 0 Å². The zero-order chi connectivity index (χ0) is 40.1. The van der Waals surface area contributed by atoms with E-state index in [1.165, 1.54) is 66.4 Å². The van der Waals surface area contributed by atoms with Crippen LogP contribution in [0.15, 0.2) is 229 Å². The topological polar surface area (TPSA) is 16.4 Å². The fourth-order valence-electron chi connectivity index (χ4n) is 10.8. The molecule has 0 fully saturated rings. The van der Waals surface area contributed by atoms with E-state index in [-0.39, 0.29) is 0 Å². The average Bonchev–Trinajstić information content (AvgIpc) is 3.97. The summed E-state index contributed by atoms with van der Waals surface area (Å²) in [6, 6.07) is 82.2. The van der Waals surface area contributed by atoms with Gasteiger partial charge < -0.3 is 9.32 Å². The van der Waals surface area contributed by atoms with Crippen LogP contribution in [0.5, 0.6) is 0 Å². The van der Waals surface area contributed by atoms with E-state index in [4.69, 9.17) is 4.42 Å². The second-order valence-corrected chi connectivity index (χ2v) is 16.3. The first kappa shape index (κ1) is 34.0. The van der Waals surface area contributed by atoms with E-state index in [9.17, 15) is 0 Å². The molecular weight excluding hydrogens is 739 g/mol. The highest BCUT2D eigenvalue weighted by molar-refractivity contribution is 6.10. The maximum absolute atomic E-state index is 6.50. The Balaban J connectivity index is 1.02. The largest absolute Gasteiger partial charge is 0.455 e. The lowest BCUT2D eigenvalue weighted by Gasteiger charge is -2.32. The number of hydrogen-bond acceptors (Lipinski definition) is 2. The molecule has 0 unspecified atom stereocenters. The molecule has 0 bridgehead atoms. The third kappa shape index (κ3) is 4.79. The summed E-state index contributed by atoms with van der Waals surface area (Å²) in [7, 11) is 0. The van der Waals surface area contributed by atoms with Crippen LogP contribution in [0.2, 0.25) is 0 Å². The van der Waals surface area contributed by atoms with Crippen LogP contribution >= 0.6 is 0 Å². The highest BCUT2D eigenvalue weighted by atomic mass is 16.3. The van der Waals surface area contributed by atoms with Crippen LogP contribution < -0.4 is 4.90 Å². The monoisotopic (exact) mass is 775 g/mol. The summed E-state index contributed by atoms with van der Waals surface area (Å²) in [6.45, 7) is 0. The van der Waals surface area contributed by atoms with Gasteiger partial charge in [0.1, 0.15) is 11.2 Å². The fourth-order valence-corrected chi connectivity index (χ4v) is 10.8. The molecule has 0 radical (unpaired) electrons. The molecule has 284 valence electrons. The van der Waals surface area contributed by atoms with Crippen LogP contribution in [-0.4, -0.2) is 0 Å². The number of benzene rings is 10. The molecule has 2 aliphatic rings. The fraction of sp³-hybridized carbons (Fsp3) is 0.0169. The van der Waals surface area contributed by atoms with Crippen molar-refractivity contribution in [3.8, 4) is 44.5 Å². The number of rotatable bonds is 5. The molecule has 0 aliphatic heterocycles. The van der Waals surface area contributed by atoms with Crippen LogP contribution in [0.25, 0.3) is 77.2 Å². The Bertz CT molecular complexity index is 3490. The van der Waals surface area contributed by atoms with Gasteiger partial charge in [-0.1, -0.05) is 188 Å². The van der Waals surface area contributed by atoms with Gasteiger partial charge in [-0.3, -0.25) is 0 Å². The standard InChI is InChI=1S/C59H37NO/c1-2-16-43-38(14-1)15-11-21-44(43)39-30-34-41(35-31-39)60(42-36-32-40(33-37-42)45-22-12-23-49-48-19-6-10-29-56(48)61-58(45)49)55-28-13-27-54-57(55)50-20-5-9-26-53(50)59(54)51-24-7-3-17-46(51)47-18-4-8-25-52(47)59/h1-37H. The van der Waals surface area contributed by atoms with Crippen LogP contribution in [0.1, 0.15) is 22.3 Å². The van der Waals surface area contributed by atoms with Gasteiger partial charge in [-0.15, -0.1) is 0 Å². The second kappa shape index (κ2) is 13.0. The summed E-state index contributed by atoms with van der Waals surface area (Å²) in [5, 5.41) is 4.77. The maximum Gasteiger partial charge on any atom is 0.143 e. The molecular formula is C59H37NO. The molecule has 0 saturated carbocycles. The lowest BCUT2D eigenvalue weighted by molar-refractivity contribution is 0.670. The third-order valence-electron chi connectivity index (χ3n) is 13.3. The van der Waals surface area contributed by atoms with E-state index in [0.717, 1.165) is 50.1 Å². The van der Waals surface area contributed by atoms with Crippen LogP contribution in [-0.2, 0) is 5.41 Å². The molecule has 13 rings (SSSR count). The third-order valence-corrected chi connectivity index (χ3v) is 13.3. The van der Waals surface area contributed by atoms with Gasteiger partial charge in [0.15, 0.2) is 0 Å². The van der Waals surface area contributed by atoms with E-state index in [1.807, 2.05) is 6.07 Å². The zero-order valence-corrected chi connectivity index (χ0v) is 33.2. The lowest BCUT2D eigenvalue weighted by Crippen LogP contribution is -2.26. The molecule has 0 N–H and O–H groups in total. The Morgan fingerprint density at radius 3 is 1.52 bits per heavy atom. The van der Waals surface area contributed by atoms with Crippen molar-refractivity contribution in [2.45, 2.75) is 5.41 Å². The smallest absolute Gasteiger partial charge is 0.143 e. The minimum Gasteiger partial charge on any atom is -0.455 e. The molecule has 61 heavy (non-hydrogen) atoms. The minimum absolute atomic E-state index is 0.436. The van der Waals surface area contributed by atoms with E-state index in [1.54, 1.807) is 0 Å². The zero-order valence-electron chi connectivity index (χ0n) is 33.2. The molecule has 2 heteroatoms. The first-order valence-electron chi connectivity index (χ1n) is 21.1. The Morgan fingerprint density at radius 1 is 0.328 bits per heavy atom. The molecule has 2 aliphatic carbocycles. The van der Waals surface area contributed by atoms with Crippen molar-refractivity contribution in [3.05, 3.63) is 247 Å². The molecule has 10 aromatic carbocycles. The summed E-state index contributed by atoms with van der Waals surface area (Å²) in [6.07, 6.45) is 0. The molecule has 1 aromatic heterocycles. The van der Waals surface area contributed by atoms with Crippen LogP contribution in [0, 0.1) is 0 Å². The Hall–Kier alpha value is -7.94. The van der Waals surface area contributed by atoms with Gasteiger partial charge >= 0.3 is 0 Å². The summed E-state index contributed by atoms with van der Waals surface area (Å²) >= 11 is 0. The molecule has 1 heterocycles. The van der Waals surface area contributed by atoms with Crippen LogP contribution in [0.4, 0.5) is 17.1 Å².